The Hall–Kier alpha value is 2.16. The van der Waals surface area contributed by atoms with Gasteiger partial charge in [-0.05, 0) is 0 Å². The van der Waals surface area contributed by atoms with E-state index in [1.807, 2.05) is 0 Å². The van der Waals surface area contributed by atoms with E-state index < -0.39 is 0 Å². The molecule has 0 aliphatic heterocycles. The summed E-state index contributed by atoms with van der Waals surface area (Å²) >= 11 is 8.83. The summed E-state index contributed by atoms with van der Waals surface area (Å²) in [5.41, 5.74) is 0. The molecule has 0 unspecified atom stereocenters. The van der Waals surface area contributed by atoms with E-state index in [0.717, 1.165) is 5.25 Å². The van der Waals surface area contributed by atoms with E-state index in [1.165, 1.54) is 8.86 Å². The molecule has 0 radical (unpaired) electrons. The van der Waals surface area contributed by atoms with Crippen molar-refractivity contribution in [1.29, 1.82) is 0 Å². The van der Waals surface area contributed by atoms with E-state index in [4.69, 9.17) is 0 Å². The van der Waals surface area contributed by atoms with Crippen molar-refractivity contribution in [2.24, 2.45) is 0 Å². The second kappa shape index (κ2) is 6.28. The molecule has 7 heavy (non-hydrogen) atoms. The van der Waals surface area contributed by atoms with Crippen molar-refractivity contribution in [3.05, 3.63) is 0 Å². The zero-order valence-corrected chi connectivity index (χ0v) is 9.63. The quantitative estimate of drug-likeness (QED) is 0.350. The molecule has 0 aromatic rings. The van der Waals surface area contributed by atoms with E-state index >= 15 is 0 Å². The van der Waals surface area contributed by atoms with Crippen LogP contribution in [0.25, 0.3) is 0 Å². The van der Waals surface area contributed by atoms with Gasteiger partial charge in [0.2, 0.25) is 0 Å². The third-order valence-corrected chi connectivity index (χ3v) is 5.34. The molecule has 4 heteroatoms. The van der Waals surface area contributed by atoms with Gasteiger partial charge in [0.25, 0.3) is 0 Å². The van der Waals surface area contributed by atoms with Crippen LogP contribution >= 0.6 is 67.6 Å². The Morgan fingerprint density at radius 2 is 1.86 bits per heavy atom. The van der Waals surface area contributed by atoms with Crippen molar-refractivity contribution in [3.63, 3.8) is 0 Å². The van der Waals surface area contributed by atoms with Gasteiger partial charge in [0.1, 0.15) is 0 Å². The van der Waals surface area contributed by atoms with E-state index in [1.54, 1.807) is 10.8 Å². The van der Waals surface area contributed by atoms with Gasteiger partial charge < -0.3 is 0 Å². The Balaban J connectivity index is 2.99. The normalized spacial score (nSPS) is 10.3. The van der Waals surface area contributed by atoms with Crippen LogP contribution < -0.4 is 0 Å². The lowest BCUT2D eigenvalue weighted by Gasteiger charge is -2.01. The number of thiol groups is 1. The maximum absolute atomic E-state index is 4.08. The number of hydrogen-bond acceptors (Lipinski definition) is 2. The Kier molecular flexibility index (Phi) is 8.22. The van der Waals surface area contributed by atoms with Crippen LogP contribution in [0.5, 0.6) is 0 Å². The first-order chi connectivity index (χ1) is 3.35. The first-order valence-electron chi connectivity index (χ1n) is 1.77. The fourth-order valence-electron chi connectivity index (χ4n) is 0.0976. The predicted octanol–water partition coefficient (Wildman–Crippen LogP) is 2.80. The van der Waals surface area contributed by atoms with Crippen molar-refractivity contribution < 1.29 is 0 Å². The van der Waals surface area contributed by atoms with E-state index in [-0.39, 0.29) is 0 Å². The van der Waals surface area contributed by atoms with Gasteiger partial charge >= 0.3 is 0 Å². The van der Waals surface area contributed by atoms with Gasteiger partial charge in [0.05, 0.1) is 0 Å². The van der Waals surface area contributed by atoms with Crippen molar-refractivity contribution in [2.45, 2.75) is 5.25 Å². The molecule has 0 aromatic carbocycles. The van der Waals surface area contributed by atoms with E-state index in [9.17, 15) is 0 Å². The number of alkyl halides is 2. The highest BCUT2D eigenvalue weighted by Gasteiger charge is 1.99. The lowest BCUT2D eigenvalue weighted by molar-refractivity contribution is 1.21. The third-order valence-electron chi connectivity index (χ3n) is 0.493. The maximum Gasteiger partial charge on any atom is 0.0328 e. The minimum atomic E-state index is 0.740. The largest absolute Gasteiger partial charge is 0.111 e. The zero-order chi connectivity index (χ0) is 5.70. The van der Waals surface area contributed by atoms with Crippen LogP contribution in [0.1, 0.15) is 0 Å². The number of hydrogen-bond donors (Lipinski definition) is 1. The van der Waals surface area contributed by atoms with Gasteiger partial charge in [-0.25, -0.2) is 0 Å². The van der Waals surface area contributed by atoms with Crippen molar-refractivity contribution >= 4 is 67.6 Å². The summed E-state index contributed by atoms with van der Waals surface area (Å²) in [4.78, 5) is 0. The molecule has 0 spiro atoms. The van der Waals surface area contributed by atoms with Crippen LogP contribution in [0.4, 0.5) is 0 Å². The molecule has 0 aliphatic carbocycles. The summed E-state index contributed by atoms with van der Waals surface area (Å²) in [7, 11) is 1.65. The Morgan fingerprint density at radius 1 is 1.43 bits per heavy atom. The van der Waals surface area contributed by atoms with Crippen LogP contribution in [0.3, 0.4) is 0 Å². The Morgan fingerprint density at radius 3 is 1.86 bits per heavy atom. The van der Waals surface area contributed by atoms with Crippen LogP contribution in [-0.4, -0.2) is 14.1 Å². The average Bonchev–Trinajstić information content (AvgIpc) is 1.72. The first kappa shape index (κ1) is 9.16. The highest BCUT2D eigenvalue weighted by atomic mass is 127. The fraction of sp³-hybridized carbons (Fsp3) is 1.00. The maximum atomic E-state index is 4.08. The molecular formula is C3H6I2S2. The van der Waals surface area contributed by atoms with Gasteiger partial charge in [-0.3, -0.25) is 0 Å². The smallest absolute Gasteiger partial charge is 0.0328 e. The molecule has 0 fully saturated rings. The molecule has 0 saturated heterocycles. The van der Waals surface area contributed by atoms with Crippen LogP contribution in [0.15, 0.2) is 0 Å². The van der Waals surface area contributed by atoms with Gasteiger partial charge in [-0.1, -0.05) is 56.0 Å². The molecule has 0 atom stereocenters. The molecule has 0 nitrogen and oxygen atoms in total. The molecule has 44 valence electrons. The minimum Gasteiger partial charge on any atom is -0.111 e. The topological polar surface area (TPSA) is 0 Å². The standard InChI is InChI=1S/C3H6I2S2/c4-1-3(2-5)7-6/h3,6H,1-2H2. The molecule has 0 aromatic heterocycles. The molecule has 0 N–H and O–H groups in total. The number of rotatable bonds is 3. The minimum absolute atomic E-state index is 0.740. The monoisotopic (exact) mass is 360 g/mol. The Labute approximate surface area is 80.7 Å². The van der Waals surface area contributed by atoms with Crippen molar-refractivity contribution in [3.8, 4) is 0 Å². The predicted molar refractivity (Wildman–Crippen MR) is 58.1 cm³/mol. The average molecular weight is 360 g/mol. The fourth-order valence-corrected chi connectivity index (χ4v) is 5.26. The summed E-state index contributed by atoms with van der Waals surface area (Å²) in [6, 6.07) is 0. The lowest BCUT2D eigenvalue weighted by Crippen LogP contribution is -2.01. The molecular weight excluding hydrogens is 354 g/mol. The van der Waals surface area contributed by atoms with E-state index in [0.29, 0.717) is 0 Å². The van der Waals surface area contributed by atoms with Crippen LogP contribution in [-0.2, 0) is 0 Å². The van der Waals surface area contributed by atoms with Gasteiger partial charge in [-0.15, -0.1) is 11.7 Å². The summed E-state index contributed by atoms with van der Waals surface area (Å²) in [5.74, 6) is 0. The SMILES string of the molecule is SSC(CI)CI. The zero-order valence-electron chi connectivity index (χ0n) is 3.60. The highest BCUT2D eigenvalue weighted by molar-refractivity contribution is 14.1. The van der Waals surface area contributed by atoms with Gasteiger partial charge in [0, 0.05) is 14.1 Å². The summed E-state index contributed by atoms with van der Waals surface area (Å²) in [6.07, 6.45) is 0. The lowest BCUT2D eigenvalue weighted by atomic mass is 10.6. The van der Waals surface area contributed by atoms with Gasteiger partial charge in [-0.2, -0.15) is 0 Å². The van der Waals surface area contributed by atoms with Crippen molar-refractivity contribution in [2.75, 3.05) is 8.86 Å². The highest BCUT2D eigenvalue weighted by Crippen LogP contribution is 2.18. The molecule has 0 amide bonds. The first-order valence-corrected chi connectivity index (χ1v) is 6.75. The summed E-state index contributed by atoms with van der Waals surface area (Å²) < 4.78 is 2.41. The van der Waals surface area contributed by atoms with Gasteiger partial charge in [0.15, 0.2) is 0 Å². The molecule has 0 heterocycles. The van der Waals surface area contributed by atoms with Crippen LogP contribution in [0, 0.1) is 0 Å². The summed E-state index contributed by atoms with van der Waals surface area (Å²) in [5, 5.41) is 0.740. The second-order valence-corrected chi connectivity index (χ2v) is 4.31. The molecule has 0 bridgehead atoms. The third kappa shape index (κ3) is 4.65. The Bertz CT molecular complexity index is 32.4. The molecule has 0 saturated carbocycles. The summed E-state index contributed by atoms with van der Waals surface area (Å²) in [6.45, 7) is 0. The molecule has 0 rings (SSSR count). The van der Waals surface area contributed by atoms with Crippen molar-refractivity contribution in [1.82, 2.24) is 0 Å². The molecule has 0 aliphatic rings. The second-order valence-electron chi connectivity index (χ2n) is 1.04. The number of halogens is 2. The van der Waals surface area contributed by atoms with E-state index in [2.05, 4.69) is 56.8 Å². The van der Waals surface area contributed by atoms with Crippen LogP contribution in [0.2, 0.25) is 0 Å².